The number of amidine groups is 1. The van der Waals surface area contributed by atoms with Gasteiger partial charge in [-0.15, -0.1) is 0 Å². The molecule has 0 spiro atoms. The fraction of sp³-hybridized carbons (Fsp3) is 0.400. The van der Waals surface area contributed by atoms with E-state index in [1.165, 1.54) is 0 Å². The van der Waals surface area contributed by atoms with Crippen molar-refractivity contribution in [1.29, 1.82) is 0 Å². The summed E-state index contributed by atoms with van der Waals surface area (Å²) in [6.45, 7) is 2.73. The third-order valence-electron chi connectivity index (χ3n) is 3.33. The molecule has 1 N–H and O–H groups in total. The van der Waals surface area contributed by atoms with Crippen LogP contribution in [-0.2, 0) is 9.59 Å². The van der Waals surface area contributed by atoms with E-state index < -0.39 is 23.7 Å². The predicted molar refractivity (Wildman–Crippen MR) is 77.6 cm³/mol. The first kappa shape index (κ1) is 17.0. The zero-order valence-electron chi connectivity index (χ0n) is 12.6. The van der Waals surface area contributed by atoms with Gasteiger partial charge in [-0.3, -0.25) is 14.5 Å². The number of carbonyl (C=O) groups excluding carboxylic acids is 2. The Hall–Kier alpha value is -2.38. The van der Waals surface area contributed by atoms with Crippen LogP contribution in [0.1, 0.15) is 25.8 Å². The Labute approximate surface area is 131 Å². The summed E-state index contributed by atoms with van der Waals surface area (Å²) in [5.74, 6) is -2.37. The quantitative estimate of drug-likeness (QED) is 0.920. The van der Waals surface area contributed by atoms with Gasteiger partial charge in [0, 0.05) is 19.0 Å². The van der Waals surface area contributed by atoms with Gasteiger partial charge in [-0.2, -0.15) is 13.2 Å². The normalized spacial score (nSPS) is 21.3. The van der Waals surface area contributed by atoms with Gasteiger partial charge < -0.3 is 5.32 Å². The second kappa shape index (κ2) is 6.02. The molecule has 5 nitrogen and oxygen atoms in total. The number of hydrogen-bond acceptors (Lipinski definition) is 3. The Bertz CT molecular complexity index is 643. The Morgan fingerprint density at radius 1 is 1.30 bits per heavy atom. The van der Waals surface area contributed by atoms with Crippen LogP contribution in [0.2, 0.25) is 0 Å². The van der Waals surface area contributed by atoms with E-state index in [9.17, 15) is 22.8 Å². The van der Waals surface area contributed by atoms with Gasteiger partial charge in [0.2, 0.25) is 5.91 Å². The van der Waals surface area contributed by atoms with E-state index in [0.29, 0.717) is 12.0 Å². The van der Waals surface area contributed by atoms with Crippen molar-refractivity contribution in [3.05, 3.63) is 35.9 Å². The molecule has 0 saturated heterocycles. The molecule has 0 fully saturated rings. The number of nitrogens with zero attached hydrogens (tertiary/aromatic N) is 2. The second-order valence-electron chi connectivity index (χ2n) is 5.15. The minimum atomic E-state index is -5.04. The fourth-order valence-electron chi connectivity index (χ4n) is 2.39. The van der Waals surface area contributed by atoms with Crippen LogP contribution in [-0.4, -0.2) is 40.9 Å². The fourth-order valence-corrected chi connectivity index (χ4v) is 2.39. The molecule has 124 valence electrons. The second-order valence-corrected chi connectivity index (χ2v) is 5.15. The van der Waals surface area contributed by atoms with Gasteiger partial charge in [-0.25, -0.2) is 4.99 Å². The minimum Gasteiger partial charge on any atom is -0.317 e. The maximum absolute atomic E-state index is 13.6. The van der Waals surface area contributed by atoms with E-state index in [2.05, 4.69) is 4.99 Å². The van der Waals surface area contributed by atoms with Crippen molar-refractivity contribution in [3.8, 4) is 0 Å². The third-order valence-corrected chi connectivity index (χ3v) is 3.33. The molecule has 23 heavy (non-hydrogen) atoms. The van der Waals surface area contributed by atoms with Crippen molar-refractivity contribution in [3.63, 3.8) is 0 Å². The molecule has 2 rings (SSSR count). The molecule has 2 amide bonds. The van der Waals surface area contributed by atoms with Crippen molar-refractivity contribution in [2.24, 2.45) is 4.99 Å². The van der Waals surface area contributed by atoms with Crippen LogP contribution in [0.25, 0.3) is 0 Å². The highest BCUT2D eigenvalue weighted by Crippen LogP contribution is 2.38. The van der Waals surface area contributed by atoms with Crippen molar-refractivity contribution < 1.29 is 22.8 Å². The van der Waals surface area contributed by atoms with Gasteiger partial charge in [0.25, 0.3) is 5.91 Å². The Kier molecular flexibility index (Phi) is 4.44. The summed E-state index contributed by atoms with van der Waals surface area (Å²) in [6.07, 6.45) is -4.59. The monoisotopic (exact) mass is 327 g/mol. The highest BCUT2D eigenvalue weighted by atomic mass is 19.4. The molecule has 8 heteroatoms. The molecule has 1 aromatic carbocycles. The van der Waals surface area contributed by atoms with Crippen molar-refractivity contribution >= 4 is 17.6 Å². The van der Waals surface area contributed by atoms with E-state index >= 15 is 0 Å². The summed E-state index contributed by atoms with van der Waals surface area (Å²) < 4.78 is 40.7. The molecule has 0 radical (unpaired) electrons. The molecule has 1 aromatic rings. The van der Waals surface area contributed by atoms with E-state index in [4.69, 9.17) is 0 Å². The summed E-state index contributed by atoms with van der Waals surface area (Å²) in [5.41, 5.74) is -2.88. The third kappa shape index (κ3) is 2.93. The number of hydrogen-bond donors (Lipinski definition) is 1. The molecule has 1 aliphatic rings. The maximum atomic E-state index is 13.6. The summed E-state index contributed by atoms with van der Waals surface area (Å²) >= 11 is 0. The number of rotatable bonds is 4. The SMILES string of the molecule is CCCN1C(=O)[C@](NC(C)=O)(C(F)(F)F)N=C1c1ccccc1. The molecule has 1 heterocycles. The zero-order valence-corrected chi connectivity index (χ0v) is 12.6. The molecule has 0 unspecified atom stereocenters. The number of benzene rings is 1. The largest absolute Gasteiger partial charge is 0.442 e. The topological polar surface area (TPSA) is 61.8 Å². The van der Waals surface area contributed by atoms with Crippen molar-refractivity contribution in [2.75, 3.05) is 6.54 Å². The Morgan fingerprint density at radius 2 is 1.91 bits per heavy atom. The maximum Gasteiger partial charge on any atom is 0.442 e. The van der Waals surface area contributed by atoms with Gasteiger partial charge >= 0.3 is 11.8 Å². The molecular weight excluding hydrogens is 311 g/mol. The Morgan fingerprint density at radius 3 is 2.39 bits per heavy atom. The molecule has 0 aromatic heterocycles. The van der Waals surface area contributed by atoms with E-state index in [0.717, 1.165) is 11.8 Å². The first-order valence-electron chi connectivity index (χ1n) is 7.05. The average molecular weight is 327 g/mol. The minimum absolute atomic E-state index is 0.0734. The number of alkyl halides is 3. The summed E-state index contributed by atoms with van der Waals surface area (Å²) in [7, 11) is 0. The first-order chi connectivity index (χ1) is 10.7. The summed E-state index contributed by atoms with van der Waals surface area (Å²) in [4.78, 5) is 28.3. The highest BCUT2D eigenvalue weighted by Gasteiger charge is 2.66. The zero-order chi connectivity index (χ0) is 17.3. The Balaban J connectivity index is 2.61. The molecule has 1 atom stereocenters. The lowest BCUT2D eigenvalue weighted by Crippen LogP contribution is -2.63. The van der Waals surface area contributed by atoms with Gasteiger partial charge in [0.1, 0.15) is 5.84 Å². The van der Waals surface area contributed by atoms with Crippen LogP contribution in [0.3, 0.4) is 0 Å². The van der Waals surface area contributed by atoms with Gasteiger partial charge in [0.15, 0.2) is 0 Å². The van der Waals surface area contributed by atoms with Crippen molar-refractivity contribution in [1.82, 2.24) is 10.2 Å². The molecule has 1 aliphatic heterocycles. The predicted octanol–water partition coefficient (Wildman–Crippen LogP) is 2.08. The van der Waals surface area contributed by atoms with E-state index in [1.54, 1.807) is 42.6 Å². The lowest BCUT2D eigenvalue weighted by Gasteiger charge is -2.28. The number of amides is 2. The number of carbonyl (C=O) groups is 2. The van der Waals surface area contributed by atoms with Gasteiger partial charge in [-0.05, 0) is 6.42 Å². The standard InChI is InChI=1S/C15H16F3N3O2/c1-3-9-21-12(11-7-5-4-6-8-11)20-14(13(21)23,15(16,17)18)19-10(2)22/h4-8H,3,9H2,1-2H3,(H,19,22)/t14-/m1/s1. The van der Waals surface area contributed by atoms with Crippen LogP contribution in [0.4, 0.5) is 13.2 Å². The number of halogens is 3. The van der Waals surface area contributed by atoms with Crippen LogP contribution < -0.4 is 5.32 Å². The lowest BCUT2D eigenvalue weighted by atomic mass is 10.1. The van der Waals surface area contributed by atoms with Gasteiger partial charge in [0.05, 0.1) is 0 Å². The summed E-state index contributed by atoms with van der Waals surface area (Å²) in [5, 5.41) is 1.69. The molecular formula is C15H16F3N3O2. The van der Waals surface area contributed by atoms with Crippen molar-refractivity contribution in [2.45, 2.75) is 32.1 Å². The smallest absolute Gasteiger partial charge is 0.317 e. The first-order valence-corrected chi connectivity index (χ1v) is 7.05. The number of aliphatic imine (C=N–C) groups is 1. The van der Waals surface area contributed by atoms with E-state index in [-0.39, 0.29) is 12.4 Å². The van der Waals surface area contributed by atoms with Crippen LogP contribution in [0.5, 0.6) is 0 Å². The van der Waals surface area contributed by atoms with Crippen LogP contribution in [0, 0.1) is 0 Å². The average Bonchev–Trinajstić information content (AvgIpc) is 2.74. The number of nitrogens with one attached hydrogen (secondary N) is 1. The van der Waals surface area contributed by atoms with Crippen LogP contribution >= 0.6 is 0 Å². The highest BCUT2D eigenvalue weighted by molar-refractivity contribution is 6.16. The van der Waals surface area contributed by atoms with Gasteiger partial charge in [-0.1, -0.05) is 37.3 Å². The lowest BCUT2D eigenvalue weighted by molar-refractivity contribution is -0.199. The molecule has 0 saturated carbocycles. The molecule has 0 aliphatic carbocycles. The van der Waals surface area contributed by atoms with Crippen LogP contribution in [0.15, 0.2) is 35.3 Å². The molecule has 0 bridgehead atoms. The van der Waals surface area contributed by atoms with E-state index in [1.807, 2.05) is 0 Å². The summed E-state index contributed by atoms with van der Waals surface area (Å²) in [6, 6.07) is 8.11.